The number of furan rings is 1. The number of nitrogen functional groups attached to an aromatic ring is 1. The molecule has 0 bridgehead atoms. The van der Waals surface area contributed by atoms with E-state index in [0.29, 0.717) is 23.3 Å². The van der Waals surface area contributed by atoms with Crippen LogP contribution in [0.3, 0.4) is 0 Å². The van der Waals surface area contributed by atoms with E-state index in [1.807, 2.05) is 0 Å². The number of hydrogen-bond acceptors (Lipinski definition) is 9. The van der Waals surface area contributed by atoms with E-state index in [2.05, 4.69) is 9.97 Å². The summed E-state index contributed by atoms with van der Waals surface area (Å²) in [7, 11) is 1.61. The zero-order valence-electron chi connectivity index (χ0n) is 21.7. The quantitative estimate of drug-likeness (QED) is 0.223. The molecule has 13 heteroatoms. The lowest BCUT2D eigenvalue weighted by Crippen LogP contribution is -2.32. The van der Waals surface area contributed by atoms with Gasteiger partial charge in [0.2, 0.25) is 17.9 Å². The highest BCUT2D eigenvalue weighted by Crippen LogP contribution is 2.42. The third-order valence-electron chi connectivity index (χ3n) is 6.10. The Balaban J connectivity index is 1.66. The molecule has 0 radical (unpaired) electrons. The molecule has 2 atom stereocenters. The number of aldehydes is 1. The summed E-state index contributed by atoms with van der Waals surface area (Å²) in [5, 5.41) is 9.00. The van der Waals surface area contributed by atoms with E-state index in [4.69, 9.17) is 25.7 Å². The van der Waals surface area contributed by atoms with Crippen molar-refractivity contribution >= 4 is 24.1 Å². The second kappa shape index (κ2) is 12.1. The van der Waals surface area contributed by atoms with E-state index in [-0.39, 0.29) is 41.5 Å². The normalized spacial score (nSPS) is 12.9. The van der Waals surface area contributed by atoms with Crippen LogP contribution < -0.4 is 21.1 Å². The maximum Gasteiger partial charge on any atom is 0.429 e. The van der Waals surface area contributed by atoms with E-state index in [0.717, 1.165) is 0 Å². The molecule has 0 aliphatic heterocycles. The average molecular weight is 570 g/mol. The summed E-state index contributed by atoms with van der Waals surface area (Å²) in [5.41, 5.74) is 12.6. The minimum atomic E-state index is -4.86. The van der Waals surface area contributed by atoms with Crippen molar-refractivity contribution < 1.29 is 37.0 Å². The van der Waals surface area contributed by atoms with Crippen LogP contribution in [0.2, 0.25) is 0 Å². The zero-order valence-corrected chi connectivity index (χ0v) is 21.7. The van der Waals surface area contributed by atoms with E-state index in [1.165, 1.54) is 35.2 Å². The Hall–Kier alpha value is -4.91. The smallest absolute Gasteiger partial charge is 0.429 e. The number of carbonyl (C=O) groups is 2. The van der Waals surface area contributed by atoms with Crippen molar-refractivity contribution in [1.82, 2.24) is 9.97 Å². The standard InChI is InChI=1S/C28H26F3N5O5/c1-36(12-13-37)24-11-10-22(40-24)18-4-2-3-5-19(18)25(28(29,30)31)41-23-15-21(34-27(33)35-23)17-8-6-16(7-9-17)14-20(32)26(38)39/h2-11,13,15,20,25H,12,14,32H2,1H3,(H,38,39)(H2,33,34,35). The van der Waals surface area contributed by atoms with Crippen LogP contribution in [0.4, 0.5) is 25.0 Å². The van der Waals surface area contributed by atoms with Gasteiger partial charge in [0.15, 0.2) is 5.88 Å². The van der Waals surface area contributed by atoms with E-state index >= 15 is 0 Å². The zero-order chi connectivity index (χ0) is 29.7. The van der Waals surface area contributed by atoms with Crippen molar-refractivity contribution in [2.45, 2.75) is 24.7 Å². The summed E-state index contributed by atoms with van der Waals surface area (Å²) in [4.78, 5) is 31.3. The maximum absolute atomic E-state index is 14.4. The van der Waals surface area contributed by atoms with Crippen LogP contribution in [0.1, 0.15) is 17.2 Å². The molecule has 0 aliphatic rings. The van der Waals surface area contributed by atoms with Gasteiger partial charge in [-0.2, -0.15) is 18.2 Å². The van der Waals surface area contributed by atoms with Gasteiger partial charge in [0, 0.05) is 35.9 Å². The number of benzene rings is 2. The lowest BCUT2D eigenvalue weighted by atomic mass is 10.00. The van der Waals surface area contributed by atoms with Crippen LogP contribution in [0.5, 0.6) is 5.88 Å². The first-order chi connectivity index (χ1) is 19.5. The predicted molar refractivity (Wildman–Crippen MR) is 144 cm³/mol. The van der Waals surface area contributed by atoms with Crippen molar-refractivity contribution in [3.8, 4) is 28.5 Å². The minimum Gasteiger partial charge on any atom is -0.480 e. The number of carbonyl (C=O) groups excluding carboxylic acids is 1. The number of nitrogens with two attached hydrogens (primary N) is 2. The van der Waals surface area contributed by atoms with Gasteiger partial charge in [0.1, 0.15) is 18.1 Å². The summed E-state index contributed by atoms with van der Waals surface area (Å²) in [5.74, 6) is -1.41. The van der Waals surface area contributed by atoms with E-state index in [9.17, 15) is 22.8 Å². The molecule has 2 aromatic heterocycles. The van der Waals surface area contributed by atoms with Gasteiger partial charge in [-0.1, -0.05) is 48.5 Å². The number of nitrogens with zero attached hydrogens (tertiary/aromatic N) is 3. The summed E-state index contributed by atoms with van der Waals surface area (Å²) >= 11 is 0. The van der Waals surface area contributed by atoms with E-state index < -0.39 is 30.2 Å². The van der Waals surface area contributed by atoms with Crippen molar-refractivity contribution in [2.24, 2.45) is 5.73 Å². The fourth-order valence-corrected chi connectivity index (χ4v) is 4.06. The number of rotatable bonds is 11. The Kier molecular flexibility index (Phi) is 8.57. The van der Waals surface area contributed by atoms with Crippen molar-refractivity contribution in [3.05, 3.63) is 77.9 Å². The molecule has 0 amide bonds. The molecular formula is C28H26F3N5O5. The average Bonchev–Trinajstić information content (AvgIpc) is 3.42. The van der Waals surface area contributed by atoms with Crippen LogP contribution in [0.25, 0.3) is 22.6 Å². The fourth-order valence-electron chi connectivity index (χ4n) is 4.06. The molecule has 10 nitrogen and oxygen atoms in total. The molecule has 2 heterocycles. The lowest BCUT2D eigenvalue weighted by Gasteiger charge is -2.23. The number of anilines is 2. The summed E-state index contributed by atoms with van der Waals surface area (Å²) in [6.07, 6.45) is -6.53. The lowest BCUT2D eigenvalue weighted by molar-refractivity contribution is -0.198. The first-order valence-corrected chi connectivity index (χ1v) is 12.3. The topological polar surface area (TPSA) is 158 Å². The summed E-state index contributed by atoms with van der Waals surface area (Å²) in [6, 6.07) is 15.5. The van der Waals surface area contributed by atoms with Gasteiger partial charge in [-0.25, -0.2) is 4.98 Å². The molecule has 0 aliphatic carbocycles. The molecule has 2 aromatic carbocycles. The van der Waals surface area contributed by atoms with Crippen molar-refractivity contribution in [1.29, 1.82) is 0 Å². The molecule has 0 fully saturated rings. The Morgan fingerprint density at radius 1 is 1.12 bits per heavy atom. The van der Waals surface area contributed by atoms with Crippen LogP contribution in [0.15, 0.2) is 71.1 Å². The first kappa shape index (κ1) is 29.1. The number of hydrogen-bond donors (Lipinski definition) is 3. The molecule has 41 heavy (non-hydrogen) atoms. The largest absolute Gasteiger partial charge is 0.480 e. The van der Waals surface area contributed by atoms with Gasteiger partial charge in [0.05, 0.1) is 12.2 Å². The number of carboxylic acid groups (broad SMARTS) is 1. The van der Waals surface area contributed by atoms with Crippen LogP contribution in [-0.2, 0) is 16.0 Å². The van der Waals surface area contributed by atoms with Gasteiger partial charge in [-0.15, -0.1) is 0 Å². The molecule has 0 saturated carbocycles. The number of likely N-dealkylation sites (N-methyl/N-ethyl adjacent to an activating group) is 1. The highest BCUT2D eigenvalue weighted by molar-refractivity contribution is 5.73. The third kappa shape index (κ3) is 7.00. The second-order valence-corrected chi connectivity index (χ2v) is 9.11. The molecule has 0 saturated heterocycles. The number of alkyl halides is 3. The SMILES string of the molecule is CN(CC=O)c1ccc(-c2ccccc2C(Oc2cc(-c3ccc(CC(N)C(=O)O)cc3)nc(N)n2)C(F)(F)F)o1. The first-order valence-electron chi connectivity index (χ1n) is 12.3. The minimum absolute atomic E-state index is 0.0406. The highest BCUT2D eigenvalue weighted by Gasteiger charge is 2.45. The maximum atomic E-state index is 14.4. The molecular weight excluding hydrogens is 543 g/mol. The van der Waals surface area contributed by atoms with Crippen LogP contribution in [0, 0.1) is 0 Å². The molecule has 4 rings (SSSR count). The molecule has 2 unspecified atom stereocenters. The number of halogens is 3. The van der Waals surface area contributed by atoms with Crippen LogP contribution >= 0.6 is 0 Å². The fraction of sp³-hybridized carbons (Fsp3) is 0.214. The Morgan fingerprint density at radius 3 is 2.49 bits per heavy atom. The van der Waals surface area contributed by atoms with Gasteiger partial charge in [-0.3, -0.25) is 4.79 Å². The van der Waals surface area contributed by atoms with Gasteiger partial charge >= 0.3 is 12.1 Å². The third-order valence-corrected chi connectivity index (χ3v) is 6.10. The summed E-state index contributed by atoms with van der Waals surface area (Å²) < 4.78 is 54.4. The summed E-state index contributed by atoms with van der Waals surface area (Å²) in [6.45, 7) is 0.0406. The number of carboxylic acids is 1. The predicted octanol–water partition coefficient (Wildman–Crippen LogP) is 4.26. The molecule has 5 N–H and O–H groups in total. The number of aliphatic carboxylic acids is 1. The molecule has 4 aromatic rings. The van der Waals surface area contributed by atoms with E-state index in [1.54, 1.807) is 43.4 Å². The van der Waals surface area contributed by atoms with Gasteiger partial charge < -0.3 is 35.4 Å². The monoisotopic (exact) mass is 569 g/mol. The van der Waals surface area contributed by atoms with Gasteiger partial charge in [0.25, 0.3) is 0 Å². The van der Waals surface area contributed by atoms with Crippen molar-refractivity contribution in [2.75, 3.05) is 24.2 Å². The Morgan fingerprint density at radius 2 is 1.83 bits per heavy atom. The van der Waals surface area contributed by atoms with Crippen LogP contribution in [-0.4, -0.2) is 53.1 Å². The van der Waals surface area contributed by atoms with Crippen molar-refractivity contribution in [3.63, 3.8) is 0 Å². The highest BCUT2D eigenvalue weighted by atomic mass is 19.4. The van der Waals surface area contributed by atoms with Gasteiger partial charge in [-0.05, 0) is 18.1 Å². The number of ether oxygens (including phenoxy) is 1. The second-order valence-electron chi connectivity index (χ2n) is 9.11. The molecule has 0 spiro atoms. The number of aromatic nitrogens is 2. The molecule has 214 valence electrons. The Labute approximate surface area is 232 Å². The Bertz CT molecular complexity index is 1520.